The lowest BCUT2D eigenvalue weighted by atomic mass is 10.2. The number of piperidine rings is 1. The highest BCUT2D eigenvalue weighted by Gasteiger charge is 2.61. The van der Waals surface area contributed by atoms with E-state index < -0.39 is 11.8 Å². The molecule has 1 N–H and O–H groups in total. The molecule has 2 fully saturated rings. The molecular weight excluding hydrogens is 210 g/mol. The maximum atomic E-state index is 11.3. The van der Waals surface area contributed by atoms with E-state index in [2.05, 4.69) is 5.32 Å². The van der Waals surface area contributed by atoms with E-state index in [1.165, 1.54) is 0 Å². The van der Waals surface area contributed by atoms with Gasteiger partial charge < -0.3 is 14.8 Å². The van der Waals surface area contributed by atoms with Crippen LogP contribution < -0.4 is 5.32 Å². The van der Waals surface area contributed by atoms with Crippen LogP contribution in [0, 0.1) is 5.92 Å². The zero-order valence-corrected chi connectivity index (χ0v) is 9.83. The van der Waals surface area contributed by atoms with E-state index in [0.717, 1.165) is 6.42 Å². The Morgan fingerprint density at radius 3 is 2.75 bits per heavy atom. The Bertz CT molecular complexity index is 333. The Morgan fingerprint density at radius 2 is 2.25 bits per heavy atom. The summed E-state index contributed by atoms with van der Waals surface area (Å²) in [5.41, 5.74) is -0.829. The summed E-state index contributed by atoms with van der Waals surface area (Å²) in [6.07, 6.45) is 0.785. The Kier molecular flexibility index (Phi) is 2.36. The molecule has 0 aromatic heterocycles. The largest absolute Gasteiger partial charge is 0.508 e. The first-order chi connectivity index (χ1) is 7.31. The van der Waals surface area contributed by atoms with Crippen LogP contribution in [-0.2, 0) is 14.3 Å². The van der Waals surface area contributed by atoms with Gasteiger partial charge in [0.15, 0.2) is 0 Å². The van der Waals surface area contributed by atoms with E-state index in [9.17, 15) is 9.59 Å². The Morgan fingerprint density at radius 1 is 1.56 bits per heavy atom. The van der Waals surface area contributed by atoms with Crippen LogP contribution in [0.15, 0.2) is 0 Å². The van der Waals surface area contributed by atoms with E-state index in [-0.39, 0.29) is 18.1 Å². The number of nitrogens with one attached hydrogen (secondary N) is 1. The fraction of sp³-hybridized carbons (Fsp3) is 0.818. The van der Waals surface area contributed by atoms with Gasteiger partial charge in [0, 0.05) is 6.42 Å². The minimum absolute atomic E-state index is 0.0454. The number of carbonyl (C=O) groups is 2. The van der Waals surface area contributed by atoms with Gasteiger partial charge in [-0.25, -0.2) is 4.79 Å². The second-order valence-electron chi connectivity index (χ2n) is 5.56. The Labute approximate surface area is 94.5 Å². The fourth-order valence-corrected chi connectivity index (χ4v) is 2.03. The molecule has 16 heavy (non-hydrogen) atoms. The summed E-state index contributed by atoms with van der Waals surface area (Å²) in [6, 6.07) is 0. The van der Waals surface area contributed by atoms with Gasteiger partial charge in [-0.3, -0.25) is 4.79 Å². The number of hydrogen-bond donors (Lipinski definition) is 1. The zero-order chi connectivity index (χ0) is 12.0. The van der Waals surface area contributed by atoms with Gasteiger partial charge in [-0.15, -0.1) is 0 Å². The van der Waals surface area contributed by atoms with E-state index >= 15 is 0 Å². The van der Waals surface area contributed by atoms with Crippen LogP contribution in [0.1, 0.15) is 33.6 Å². The molecule has 90 valence electrons. The second-order valence-corrected chi connectivity index (χ2v) is 5.56. The molecule has 1 aliphatic heterocycles. The number of carbonyl (C=O) groups excluding carboxylic acids is 2. The van der Waals surface area contributed by atoms with Gasteiger partial charge in [0.25, 0.3) is 0 Å². The molecule has 0 radical (unpaired) electrons. The average Bonchev–Trinajstić information content (AvgIpc) is 2.64. The SMILES string of the molecule is CC(C)(C)OC(=O)OCC12CC1CC(=O)N2. The summed E-state index contributed by atoms with van der Waals surface area (Å²) >= 11 is 0. The second kappa shape index (κ2) is 3.37. The molecule has 1 heterocycles. The van der Waals surface area contributed by atoms with Crippen LogP contribution in [0.4, 0.5) is 4.79 Å². The Hall–Kier alpha value is -1.26. The van der Waals surface area contributed by atoms with Crippen molar-refractivity contribution >= 4 is 12.1 Å². The number of fused-ring (bicyclic) bond motifs is 1. The molecule has 1 amide bonds. The van der Waals surface area contributed by atoms with Crippen LogP contribution in [0.5, 0.6) is 0 Å². The van der Waals surface area contributed by atoms with Crippen molar-refractivity contribution in [2.45, 2.75) is 44.8 Å². The minimum Gasteiger partial charge on any atom is -0.432 e. The summed E-state index contributed by atoms with van der Waals surface area (Å²) in [5.74, 6) is 0.381. The minimum atomic E-state index is -0.673. The third kappa shape index (κ3) is 2.28. The highest BCUT2D eigenvalue weighted by molar-refractivity contribution is 5.82. The predicted molar refractivity (Wildman–Crippen MR) is 55.8 cm³/mol. The standard InChI is InChI=1S/C11H17NO4/c1-10(2,3)16-9(14)15-6-11-5-7(11)4-8(13)12-11/h7H,4-6H2,1-3H3,(H,12,13). The van der Waals surface area contributed by atoms with E-state index in [1.807, 2.05) is 0 Å². The number of ether oxygens (including phenoxy) is 2. The topological polar surface area (TPSA) is 64.6 Å². The lowest BCUT2D eigenvalue weighted by molar-refractivity contribution is -0.120. The first kappa shape index (κ1) is 11.2. The summed E-state index contributed by atoms with van der Waals surface area (Å²) < 4.78 is 10.0. The van der Waals surface area contributed by atoms with Crippen molar-refractivity contribution in [2.75, 3.05) is 6.61 Å². The highest BCUT2D eigenvalue weighted by atomic mass is 16.7. The predicted octanol–water partition coefficient (Wildman–Crippen LogP) is 1.22. The summed E-state index contributed by atoms with van der Waals surface area (Å²) in [5, 5.41) is 2.85. The molecular formula is C11H17NO4. The van der Waals surface area contributed by atoms with Gasteiger partial charge in [-0.2, -0.15) is 0 Å². The molecule has 1 saturated carbocycles. The van der Waals surface area contributed by atoms with Crippen molar-refractivity contribution < 1.29 is 19.1 Å². The van der Waals surface area contributed by atoms with Gasteiger partial charge in [-0.1, -0.05) is 0 Å². The average molecular weight is 227 g/mol. The highest BCUT2D eigenvalue weighted by Crippen LogP contribution is 2.50. The molecule has 0 aromatic carbocycles. The van der Waals surface area contributed by atoms with E-state index in [0.29, 0.717) is 12.3 Å². The molecule has 0 aromatic rings. The summed E-state index contributed by atoms with van der Waals surface area (Å²) in [4.78, 5) is 22.4. The summed E-state index contributed by atoms with van der Waals surface area (Å²) in [7, 11) is 0. The molecule has 2 rings (SSSR count). The third-order valence-electron chi connectivity index (χ3n) is 2.89. The summed E-state index contributed by atoms with van der Waals surface area (Å²) in [6.45, 7) is 5.57. The zero-order valence-electron chi connectivity index (χ0n) is 9.83. The fourth-order valence-electron chi connectivity index (χ4n) is 2.03. The Balaban J connectivity index is 1.77. The number of amides is 1. The molecule has 0 spiro atoms. The molecule has 1 aliphatic carbocycles. The molecule has 5 heteroatoms. The van der Waals surface area contributed by atoms with Crippen LogP contribution in [0.3, 0.4) is 0 Å². The molecule has 2 atom stereocenters. The van der Waals surface area contributed by atoms with Crippen molar-refractivity contribution in [1.82, 2.24) is 5.32 Å². The van der Waals surface area contributed by atoms with Crippen LogP contribution in [0.25, 0.3) is 0 Å². The van der Waals surface area contributed by atoms with Crippen molar-refractivity contribution in [3.63, 3.8) is 0 Å². The lowest BCUT2D eigenvalue weighted by Gasteiger charge is -2.20. The van der Waals surface area contributed by atoms with Crippen LogP contribution in [0.2, 0.25) is 0 Å². The van der Waals surface area contributed by atoms with Crippen molar-refractivity contribution in [3.05, 3.63) is 0 Å². The smallest absolute Gasteiger partial charge is 0.432 e. The number of rotatable bonds is 2. The third-order valence-corrected chi connectivity index (χ3v) is 2.89. The van der Waals surface area contributed by atoms with Crippen molar-refractivity contribution in [2.24, 2.45) is 5.92 Å². The lowest BCUT2D eigenvalue weighted by Crippen LogP contribution is -2.37. The van der Waals surface area contributed by atoms with Crippen LogP contribution in [-0.4, -0.2) is 29.8 Å². The van der Waals surface area contributed by atoms with Crippen molar-refractivity contribution in [1.29, 1.82) is 0 Å². The van der Waals surface area contributed by atoms with Crippen molar-refractivity contribution in [3.8, 4) is 0 Å². The monoisotopic (exact) mass is 227 g/mol. The maximum absolute atomic E-state index is 11.3. The first-order valence-corrected chi connectivity index (χ1v) is 5.48. The van der Waals surface area contributed by atoms with Crippen LogP contribution >= 0.6 is 0 Å². The number of hydrogen-bond acceptors (Lipinski definition) is 4. The van der Waals surface area contributed by atoms with Gasteiger partial charge >= 0.3 is 6.16 Å². The van der Waals surface area contributed by atoms with Gasteiger partial charge in [0.05, 0.1) is 5.54 Å². The van der Waals surface area contributed by atoms with E-state index in [1.54, 1.807) is 20.8 Å². The molecule has 2 aliphatic rings. The van der Waals surface area contributed by atoms with E-state index in [4.69, 9.17) is 9.47 Å². The quantitative estimate of drug-likeness (QED) is 0.720. The van der Waals surface area contributed by atoms with Gasteiger partial charge in [0.1, 0.15) is 12.2 Å². The van der Waals surface area contributed by atoms with Gasteiger partial charge in [-0.05, 0) is 33.1 Å². The maximum Gasteiger partial charge on any atom is 0.508 e. The molecule has 5 nitrogen and oxygen atoms in total. The molecule has 1 saturated heterocycles. The molecule has 2 unspecified atom stereocenters. The first-order valence-electron chi connectivity index (χ1n) is 5.48. The van der Waals surface area contributed by atoms with Gasteiger partial charge in [0.2, 0.25) is 5.91 Å². The normalized spacial score (nSPS) is 31.7. The molecule has 0 bridgehead atoms.